The average molecular weight is 740 g/mol. The first-order valence-corrected chi connectivity index (χ1v) is 14.5. The fourth-order valence-corrected chi connectivity index (χ4v) is 4.92. The van der Waals surface area contributed by atoms with E-state index in [1.165, 1.54) is 25.3 Å². The fourth-order valence-electron chi connectivity index (χ4n) is 4.92. The van der Waals surface area contributed by atoms with E-state index in [1.807, 2.05) is 0 Å². The summed E-state index contributed by atoms with van der Waals surface area (Å²) in [6, 6.07) is 8.05. The van der Waals surface area contributed by atoms with E-state index >= 15 is 0 Å². The molecule has 0 atom stereocenters. The van der Waals surface area contributed by atoms with Gasteiger partial charge >= 0.3 is 48.1 Å². The molecule has 4 aromatic rings. The molecule has 4 rings (SSSR count). The van der Waals surface area contributed by atoms with E-state index in [4.69, 9.17) is 9.47 Å². The van der Waals surface area contributed by atoms with Crippen LogP contribution in [0.3, 0.4) is 0 Å². The largest absolute Gasteiger partial charge is 1.00 e. The molecule has 0 spiro atoms. The van der Waals surface area contributed by atoms with Crippen LogP contribution in [0.2, 0.25) is 0 Å². The van der Waals surface area contributed by atoms with Crippen molar-refractivity contribution in [3.8, 4) is 22.6 Å². The molecule has 0 saturated carbocycles. The van der Waals surface area contributed by atoms with Crippen molar-refractivity contribution in [2.24, 2.45) is 0 Å². The van der Waals surface area contributed by atoms with Gasteiger partial charge in [0, 0.05) is 24.6 Å². The van der Waals surface area contributed by atoms with Gasteiger partial charge in [0.1, 0.15) is 5.75 Å². The van der Waals surface area contributed by atoms with Crippen LogP contribution in [0.5, 0.6) is 11.5 Å². The van der Waals surface area contributed by atoms with Gasteiger partial charge in [-0.15, -0.1) is 0 Å². The molecule has 0 unspecified atom stereocenters. The Balaban J connectivity index is 0.00000702. The number of methoxy groups -OCH3 is 1. The molecular formula is C33H27F9N3NaO5. The third-order valence-corrected chi connectivity index (χ3v) is 7.24. The second-order valence-corrected chi connectivity index (χ2v) is 10.9. The van der Waals surface area contributed by atoms with E-state index in [0.717, 1.165) is 35.5 Å². The summed E-state index contributed by atoms with van der Waals surface area (Å²) in [4.78, 5) is 19.9. The first-order chi connectivity index (χ1) is 23.4. The Morgan fingerprint density at radius 3 is 1.92 bits per heavy atom. The van der Waals surface area contributed by atoms with Gasteiger partial charge in [-0.2, -0.15) is 39.5 Å². The molecule has 51 heavy (non-hydrogen) atoms. The van der Waals surface area contributed by atoms with Crippen LogP contribution in [-0.4, -0.2) is 34.8 Å². The molecule has 8 nitrogen and oxygen atoms in total. The van der Waals surface area contributed by atoms with Gasteiger partial charge in [-0.3, -0.25) is 0 Å². The van der Waals surface area contributed by atoms with Gasteiger partial charge in [-0.1, -0.05) is 12.1 Å². The molecule has 268 valence electrons. The minimum atomic E-state index is -5.17. The maximum Gasteiger partial charge on any atom is 1.00 e. The number of ether oxygens (including phenoxy) is 2. The molecule has 18 heteroatoms. The van der Waals surface area contributed by atoms with E-state index in [2.05, 4.69) is 9.97 Å². The van der Waals surface area contributed by atoms with Crippen LogP contribution >= 0.6 is 0 Å². The molecule has 0 fully saturated rings. The number of benzene rings is 3. The van der Waals surface area contributed by atoms with Gasteiger partial charge < -0.3 is 29.4 Å². The first-order valence-electron chi connectivity index (χ1n) is 14.5. The minimum Gasteiger partial charge on any atom is -0.550 e. The zero-order valence-corrected chi connectivity index (χ0v) is 28.9. The van der Waals surface area contributed by atoms with Crippen LogP contribution < -0.4 is 49.0 Å². The number of carbonyl (C=O) groups excluding carboxylic acids is 1. The number of hydrogen-bond donors (Lipinski definition) is 1. The number of rotatable bonds is 13. The Bertz CT molecular complexity index is 1770. The van der Waals surface area contributed by atoms with E-state index < -0.39 is 66.4 Å². The van der Waals surface area contributed by atoms with Gasteiger partial charge in [0.2, 0.25) is 5.95 Å². The van der Waals surface area contributed by atoms with Crippen LogP contribution in [0.15, 0.2) is 67.0 Å². The Morgan fingerprint density at radius 2 is 1.39 bits per heavy atom. The molecule has 0 aliphatic carbocycles. The number of carboxylic acid groups (broad SMARTS) is 1. The van der Waals surface area contributed by atoms with E-state index in [-0.39, 0.29) is 89.2 Å². The monoisotopic (exact) mass is 739 g/mol. The predicted molar refractivity (Wildman–Crippen MR) is 157 cm³/mol. The van der Waals surface area contributed by atoms with Gasteiger partial charge in [-0.05, 0) is 77.6 Å². The van der Waals surface area contributed by atoms with Crippen LogP contribution in [0.1, 0.15) is 46.2 Å². The van der Waals surface area contributed by atoms with E-state index in [1.54, 1.807) is 0 Å². The number of carboxylic acids is 1. The molecule has 1 heterocycles. The second kappa shape index (κ2) is 17.0. The molecule has 1 aromatic heterocycles. The number of nitrogens with zero attached hydrogens (tertiary/aromatic N) is 3. The number of aromatic nitrogens is 2. The minimum absolute atomic E-state index is 0. The quantitative estimate of drug-likeness (QED) is 0.125. The van der Waals surface area contributed by atoms with E-state index in [0.29, 0.717) is 17.7 Å². The SMILES string of the molecule is COc1ccc(CO)cc1-c1ccc(C(F)(F)F)cc1CN(Cc1cc(C(F)(F)F)cc(C(F)(F)F)c1)c1ncc(OCCCC(=O)[O-])cn1.[Na+]. The van der Waals surface area contributed by atoms with Crippen molar-refractivity contribution in [2.45, 2.75) is 51.1 Å². The number of aliphatic hydroxyl groups is 1. The molecule has 0 bridgehead atoms. The van der Waals surface area contributed by atoms with Crippen LogP contribution in [-0.2, 0) is 43.0 Å². The first kappa shape index (κ1) is 41.4. The van der Waals surface area contributed by atoms with Gasteiger partial charge in [0.05, 0.1) is 49.4 Å². The van der Waals surface area contributed by atoms with Crippen molar-refractivity contribution < 1.29 is 93.6 Å². The summed E-state index contributed by atoms with van der Waals surface area (Å²) in [7, 11) is 1.30. The van der Waals surface area contributed by atoms with Crippen molar-refractivity contribution in [3.63, 3.8) is 0 Å². The molecule has 1 N–H and O–H groups in total. The topological polar surface area (TPSA) is 108 Å². The van der Waals surface area contributed by atoms with Crippen LogP contribution in [0.25, 0.3) is 11.1 Å². The average Bonchev–Trinajstić information content (AvgIpc) is 3.05. The van der Waals surface area contributed by atoms with Crippen molar-refractivity contribution in [3.05, 3.63) is 100 Å². The molecule has 0 aliphatic rings. The number of anilines is 1. The number of carbonyl (C=O) groups is 1. The van der Waals surface area contributed by atoms with Crippen LogP contribution in [0, 0.1) is 0 Å². The van der Waals surface area contributed by atoms with Gasteiger partial charge in [0.25, 0.3) is 0 Å². The maximum atomic E-state index is 13.9. The number of alkyl halides is 9. The molecule has 0 aliphatic heterocycles. The zero-order valence-electron chi connectivity index (χ0n) is 26.9. The number of halogens is 9. The number of aliphatic hydroxyl groups excluding tert-OH is 1. The summed E-state index contributed by atoms with van der Waals surface area (Å²) < 4.78 is 135. The smallest absolute Gasteiger partial charge is 0.550 e. The Hall–Kier alpha value is -4.06. The van der Waals surface area contributed by atoms with E-state index in [9.17, 15) is 54.5 Å². The Kier molecular flexibility index (Phi) is 13.8. The molecule has 3 aromatic carbocycles. The summed E-state index contributed by atoms with van der Waals surface area (Å²) in [6.07, 6.45) is -13.2. The molecule has 0 radical (unpaired) electrons. The maximum absolute atomic E-state index is 13.9. The fraction of sp³-hybridized carbons (Fsp3) is 0.303. The third kappa shape index (κ3) is 11.2. The van der Waals surface area contributed by atoms with Crippen molar-refractivity contribution in [1.82, 2.24) is 9.97 Å². The predicted octanol–water partition coefficient (Wildman–Crippen LogP) is 3.82. The van der Waals surface area contributed by atoms with Crippen molar-refractivity contribution in [1.29, 1.82) is 0 Å². The van der Waals surface area contributed by atoms with Gasteiger partial charge in [0.15, 0.2) is 5.75 Å². The summed E-state index contributed by atoms with van der Waals surface area (Å²) in [5.74, 6) is -1.40. The van der Waals surface area contributed by atoms with Crippen LogP contribution in [0.4, 0.5) is 45.5 Å². The molecule has 0 saturated heterocycles. The third-order valence-electron chi connectivity index (χ3n) is 7.24. The number of aliphatic carboxylic acids is 1. The summed E-state index contributed by atoms with van der Waals surface area (Å²) in [6.45, 7) is -1.84. The standard InChI is InChI=1S/C33H28F9N3O5.Na/c1-49-28-7-4-19(18-46)11-27(28)26-6-5-22(31(34,35)36)12-21(26)17-45(30-43-14-25(15-44-30)50-8-2-3-29(47)48)16-20-9-23(32(37,38)39)13-24(10-20)33(40,41)42;/h4-7,9-15,46H,2-3,8,16-18H2,1H3,(H,47,48);/q;+1/p-1. The Labute approximate surface area is 307 Å². The summed E-state index contributed by atoms with van der Waals surface area (Å²) >= 11 is 0. The second-order valence-electron chi connectivity index (χ2n) is 10.9. The molecular weight excluding hydrogens is 712 g/mol. The summed E-state index contributed by atoms with van der Waals surface area (Å²) in [5.41, 5.74) is -4.17. The van der Waals surface area contributed by atoms with Crippen molar-refractivity contribution >= 4 is 11.9 Å². The van der Waals surface area contributed by atoms with Gasteiger partial charge in [-0.25, -0.2) is 9.97 Å². The van der Waals surface area contributed by atoms with Crippen molar-refractivity contribution in [2.75, 3.05) is 18.6 Å². The summed E-state index contributed by atoms with van der Waals surface area (Å²) in [5, 5.41) is 20.3. The normalized spacial score (nSPS) is 11.9. The Morgan fingerprint density at radius 1 is 0.784 bits per heavy atom. The number of hydrogen-bond acceptors (Lipinski definition) is 8. The molecule has 0 amide bonds. The zero-order chi connectivity index (χ0) is 36.9.